The molecule has 5 aromatic rings. The van der Waals surface area contributed by atoms with E-state index in [1.54, 1.807) is 32.2 Å². The second kappa shape index (κ2) is 12.7. The van der Waals surface area contributed by atoms with Gasteiger partial charge in [0.25, 0.3) is 5.56 Å². The second-order valence-corrected chi connectivity index (χ2v) is 12.1. The normalized spacial score (nSPS) is 14.6. The van der Waals surface area contributed by atoms with Crippen LogP contribution in [0.25, 0.3) is 23.1 Å². The first-order chi connectivity index (χ1) is 21.8. The molecule has 1 atom stereocenters. The molecule has 0 radical (unpaired) electrons. The van der Waals surface area contributed by atoms with Crippen molar-refractivity contribution in [3.05, 3.63) is 131 Å². The number of methoxy groups -OCH3 is 2. The van der Waals surface area contributed by atoms with Crippen LogP contribution in [0.15, 0.2) is 103 Å². The first-order valence-electron chi connectivity index (χ1n) is 14.2. The summed E-state index contributed by atoms with van der Waals surface area (Å²) in [6, 6.07) is 23.6. The predicted molar refractivity (Wildman–Crippen MR) is 177 cm³/mol. The third kappa shape index (κ3) is 5.79. The number of aromatic nitrogens is 1. The van der Waals surface area contributed by atoms with Gasteiger partial charge >= 0.3 is 5.97 Å². The predicted octanol–water partition coefficient (Wildman–Crippen LogP) is 6.28. The number of hydrogen-bond donors (Lipinski definition) is 0. The summed E-state index contributed by atoms with van der Waals surface area (Å²) >= 11 is 4.84. The van der Waals surface area contributed by atoms with Crippen molar-refractivity contribution < 1.29 is 23.4 Å². The molecule has 2 aromatic heterocycles. The molecule has 6 rings (SSSR count). The zero-order valence-corrected chi connectivity index (χ0v) is 27.4. The first kappa shape index (κ1) is 30.4. The summed E-state index contributed by atoms with van der Waals surface area (Å²) in [6.07, 6.45) is 1.71. The molecule has 8 nitrogen and oxygen atoms in total. The molecule has 0 saturated heterocycles. The van der Waals surface area contributed by atoms with Gasteiger partial charge in [-0.05, 0) is 61.4 Å². The molecule has 0 bridgehead atoms. The molecule has 10 heteroatoms. The highest BCUT2D eigenvalue weighted by atomic mass is 79.9. The Morgan fingerprint density at radius 1 is 1.02 bits per heavy atom. The van der Waals surface area contributed by atoms with E-state index in [2.05, 4.69) is 15.9 Å². The Balaban J connectivity index is 1.58. The monoisotopic (exact) mass is 684 g/mol. The molecule has 3 aromatic carbocycles. The SMILES string of the molecule is CCOC(=O)C1=C(c2ccccc2)N=c2s/c(=C\c3ccc(-c4ccc(C)cc4Br)o3)c(=O)n2[C@@H]1c1ccc(OC)c(OC)c1. The van der Waals surface area contributed by atoms with Crippen molar-refractivity contribution in [2.75, 3.05) is 20.8 Å². The number of ether oxygens (including phenoxy) is 3. The van der Waals surface area contributed by atoms with Crippen molar-refractivity contribution in [2.45, 2.75) is 19.9 Å². The van der Waals surface area contributed by atoms with Crippen LogP contribution in [0.3, 0.4) is 0 Å². The third-order valence-corrected chi connectivity index (χ3v) is 9.03. The van der Waals surface area contributed by atoms with Crippen LogP contribution >= 0.6 is 27.3 Å². The number of carbonyl (C=O) groups excluding carboxylic acids is 1. The lowest BCUT2D eigenvalue weighted by Gasteiger charge is -2.26. The van der Waals surface area contributed by atoms with Crippen LogP contribution in [-0.4, -0.2) is 31.4 Å². The van der Waals surface area contributed by atoms with Crippen molar-refractivity contribution >= 4 is 45.0 Å². The minimum atomic E-state index is -0.854. The fourth-order valence-electron chi connectivity index (χ4n) is 5.30. The Morgan fingerprint density at radius 3 is 2.51 bits per heavy atom. The molecule has 0 spiro atoms. The maximum absolute atomic E-state index is 14.2. The van der Waals surface area contributed by atoms with Gasteiger partial charge in [0.05, 0.1) is 42.7 Å². The fraction of sp³-hybridized carbons (Fsp3) is 0.171. The van der Waals surface area contributed by atoms with Gasteiger partial charge in [0, 0.05) is 21.7 Å². The molecule has 3 heterocycles. The quantitative estimate of drug-likeness (QED) is 0.179. The standard InChI is InChI=1S/C35H29BrN2O6S/c1-5-43-34(40)30-31(21-9-7-6-8-10-21)37-35-38(32(30)22-12-15-27(41-3)28(18-22)42-4)33(39)29(45-35)19-23-13-16-26(44-23)24-14-11-20(2)17-25(24)36/h6-19,32H,5H2,1-4H3/b29-19-/t32-/m1/s1. The van der Waals surface area contributed by atoms with Crippen molar-refractivity contribution in [1.82, 2.24) is 4.57 Å². The number of furan rings is 1. The number of esters is 1. The minimum absolute atomic E-state index is 0.158. The molecule has 0 saturated carbocycles. The summed E-state index contributed by atoms with van der Waals surface area (Å²) < 4.78 is 25.6. The van der Waals surface area contributed by atoms with E-state index in [1.165, 1.54) is 23.0 Å². The van der Waals surface area contributed by atoms with E-state index in [1.807, 2.05) is 73.7 Å². The van der Waals surface area contributed by atoms with E-state index < -0.39 is 12.0 Å². The van der Waals surface area contributed by atoms with Gasteiger partial charge in [-0.2, -0.15) is 0 Å². The Morgan fingerprint density at radius 2 is 1.80 bits per heavy atom. The molecular weight excluding hydrogens is 656 g/mol. The van der Waals surface area contributed by atoms with Crippen LogP contribution in [0.2, 0.25) is 0 Å². The number of aryl methyl sites for hydroxylation is 1. The van der Waals surface area contributed by atoms with Gasteiger partial charge in [-0.1, -0.05) is 69.7 Å². The molecule has 1 aliphatic heterocycles. The molecule has 0 N–H and O–H groups in total. The third-order valence-electron chi connectivity index (χ3n) is 7.39. The van der Waals surface area contributed by atoms with E-state index >= 15 is 0 Å². The minimum Gasteiger partial charge on any atom is -0.493 e. The van der Waals surface area contributed by atoms with E-state index in [4.69, 9.17) is 23.6 Å². The number of rotatable bonds is 8. The molecule has 0 amide bonds. The molecule has 45 heavy (non-hydrogen) atoms. The molecule has 228 valence electrons. The second-order valence-electron chi connectivity index (χ2n) is 10.2. The average molecular weight is 686 g/mol. The Kier molecular flexibility index (Phi) is 8.60. The van der Waals surface area contributed by atoms with Crippen LogP contribution < -0.4 is 24.4 Å². The summed E-state index contributed by atoms with van der Waals surface area (Å²) in [5.74, 6) is 1.60. The molecular formula is C35H29BrN2O6S. The van der Waals surface area contributed by atoms with Gasteiger partial charge in [-0.15, -0.1) is 0 Å². The van der Waals surface area contributed by atoms with Crippen molar-refractivity contribution in [3.8, 4) is 22.8 Å². The number of fused-ring (bicyclic) bond motifs is 1. The maximum atomic E-state index is 14.2. The lowest BCUT2D eigenvalue weighted by atomic mass is 9.93. The largest absolute Gasteiger partial charge is 0.493 e. The van der Waals surface area contributed by atoms with Crippen LogP contribution in [0.5, 0.6) is 11.5 Å². The van der Waals surface area contributed by atoms with Gasteiger partial charge in [-0.25, -0.2) is 9.79 Å². The fourth-order valence-corrected chi connectivity index (χ4v) is 6.97. The Hall–Kier alpha value is -4.67. The maximum Gasteiger partial charge on any atom is 0.338 e. The first-order valence-corrected chi connectivity index (χ1v) is 15.8. The highest BCUT2D eigenvalue weighted by Gasteiger charge is 2.35. The van der Waals surface area contributed by atoms with Gasteiger partial charge in [0.2, 0.25) is 0 Å². The van der Waals surface area contributed by atoms with Crippen molar-refractivity contribution in [1.29, 1.82) is 0 Å². The summed E-state index contributed by atoms with van der Waals surface area (Å²) in [5, 5.41) is 0. The molecule has 0 fully saturated rings. The number of nitrogens with zero attached hydrogens (tertiary/aromatic N) is 2. The van der Waals surface area contributed by atoms with Crippen LogP contribution in [0, 0.1) is 6.92 Å². The Bertz CT molecular complexity index is 2130. The number of halogens is 1. The smallest absolute Gasteiger partial charge is 0.338 e. The van der Waals surface area contributed by atoms with Gasteiger partial charge in [0.15, 0.2) is 16.3 Å². The lowest BCUT2D eigenvalue weighted by molar-refractivity contribution is -0.138. The van der Waals surface area contributed by atoms with Gasteiger partial charge in [-0.3, -0.25) is 9.36 Å². The number of hydrogen-bond acceptors (Lipinski definition) is 8. The number of carbonyl (C=O) groups is 1. The van der Waals surface area contributed by atoms with Gasteiger partial charge < -0.3 is 18.6 Å². The van der Waals surface area contributed by atoms with Crippen LogP contribution in [-0.2, 0) is 9.53 Å². The molecule has 1 aliphatic rings. The van der Waals surface area contributed by atoms with E-state index in [0.717, 1.165) is 21.2 Å². The van der Waals surface area contributed by atoms with Crippen LogP contribution in [0.1, 0.15) is 35.4 Å². The van der Waals surface area contributed by atoms with E-state index in [9.17, 15) is 9.59 Å². The van der Waals surface area contributed by atoms with Crippen molar-refractivity contribution in [3.63, 3.8) is 0 Å². The average Bonchev–Trinajstić information content (AvgIpc) is 3.64. The van der Waals surface area contributed by atoms with Crippen LogP contribution in [0.4, 0.5) is 0 Å². The van der Waals surface area contributed by atoms with E-state index in [-0.39, 0.29) is 17.7 Å². The van der Waals surface area contributed by atoms with E-state index in [0.29, 0.717) is 43.6 Å². The summed E-state index contributed by atoms with van der Waals surface area (Å²) in [7, 11) is 3.09. The molecule has 0 unspecified atom stereocenters. The summed E-state index contributed by atoms with van der Waals surface area (Å²) in [5.41, 5.74) is 3.76. The summed E-state index contributed by atoms with van der Waals surface area (Å²) in [6.45, 7) is 3.92. The molecule has 0 aliphatic carbocycles. The van der Waals surface area contributed by atoms with Crippen molar-refractivity contribution in [2.24, 2.45) is 4.99 Å². The highest BCUT2D eigenvalue weighted by Crippen LogP contribution is 2.38. The zero-order valence-electron chi connectivity index (χ0n) is 25.0. The number of thiazole rings is 1. The Labute approximate surface area is 271 Å². The lowest BCUT2D eigenvalue weighted by Crippen LogP contribution is -2.40. The number of benzene rings is 3. The summed E-state index contributed by atoms with van der Waals surface area (Å²) in [4.78, 5) is 33.3. The van der Waals surface area contributed by atoms with Gasteiger partial charge in [0.1, 0.15) is 11.5 Å². The topological polar surface area (TPSA) is 92.3 Å². The zero-order chi connectivity index (χ0) is 31.7. The highest BCUT2D eigenvalue weighted by molar-refractivity contribution is 9.10.